The minimum Gasteiger partial charge on any atom is -0.428 e. The SMILES string of the molecule is CN1C/C(=C\I)OC1=Nc1ccccc1. The summed E-state index contributed by atoms with van der Waals surface area (Å²) in [7, 11) is 1.97. The molecule has 0 aliphatic carbocycles. The van der Waals surface area contributed by atoms with E-state index >= 15 is 0 Å². The summed E-state index contributed by atoms with van der Waals surface area (Å²) in [6, 6.07) is 10.5. The van der Waals surface area contributed by atoms with E-state index in [2.05, 4.69) is 27.6 Å². The van der Waals surface area contributed by atoms with Crippen LogP contribution in [0.4, 0.5) is 5.69 Å². The fraction of sp³-hybridized carbons (Fsp3) is 0.182. The van der Waals surface area contributed by atoms with E-state index in [1.807, 2.05) is 46.4 Å². The van der Waals surface area contributed by atoms with Gasteiger partial charge in [-0.1, -0.05) is 18.2 Å². The summed E-state index contributed by atoms with van der Waals surface area (Å²) in [5.74, 6) is 0.938. The third-order valence-corrected chi connectivity index (χ3v) is 2.74. The number of aliphatic imine (C=N–C) groups is 1. The fourth-order valence-electron chi connectivity index (χ4n) is 1.31. The van der Waals surface area contributed by atoms with Crippen LogP contribution in [-0.4, -0.2) is 24.5 Å². The van der Waals surface area contributed by atoms with Crippen molar-refractivity contribution in [1.82, 2.24) is 4.90 Å². The third kappa shape index (κ3) is 2.50. The van der Waals surface area contributed by atoms with Gasteiger partial charge in [-0.15, -0.1) is 0 Å². The van der Waals surface area contributed by atoms with Crippen molar-refractivity contribution in [2.45, 2.75) is 0 Å². The molecule has 0 amide bonds. The maximum Gasteiger partial charge on any atom is 0.298 e. The van der Waals surface area contributed by atoms with Gasteiger partial charge in [-0.05, 0) is 34.7 Å². The predicted molar refractivity (Wildman–Crippen MR) is 69.4 cm³/mol. The normalized spacial score (nSPS) is 21.1. The Balaban J connectivity index is 2.22. The largest absolute Gasteiger partial charge is 0.428 e. The minimum absolute atomic E-state index is 0.657. The van der Waals surface area contributed by atoms with Crippen molar-refractivity contribution in [1.29, 1.82) is 0 Å². The lowest BCUT2D eigenvalue weighted by Crippen LogP contribution is -2.19. The first-order valence-electron chi connectivity index (χ1n) is 4.61. The summed E-state index contributed by atoms with van der Waals surface area (Å²) >= 11 is 2.17. The molecule has 0 atom stereocenters. The van der Waals surface area contributed by atoms with E-state index < -0.39 is 0 Å². The molecule has 4 heteroatoms. The van der Waals surface area contributed by atoms with Crippen molar-refractivity contribution in [2.24, 2.45) is 4.99 Å². The highest BCUT2D eigenvalue weighted by molar-refractivity contribution is 14.1. The summed E-state index contributed by atoms with van der Waals surface area (Å²) < 4.78 is 7.49. The van der Waals surface area contributed by atoms with Crippen molar-refractivity contribution in [2.75, 3.05) is 13.6 Å². The first kappa shape index (κ1) is 10.5. The average Bonchev–Trinajstić information content (AvgIpc) is 2.61. The second-order valence-corrected chi connectivity index (χ2v) is 3.89. The van der Waals surface area contributed by atoms with Crippen molar-refractivity contribution >= 4 is 34.3 Å². The summed E-state index contributed by atoms with van der Waals surface area (Å²) in [5.41, 5.74) is 0.911. The number of ether oxygens (including phenoxy) is 1. The van der Waals surface area contributed by atoms with Gasteiger partial charge in [0.15, 0.2) is 0 Å². The molecule has 1 aromatic carbocycles. The molecule has 1 aliphatic rings. The Morgan fingerprint density at radius 2 is 2.13 bits per heavy atom. The molecular weight excluding hydrogens is 303 g/mol. The molecule has 0 bridgehead atoms. The number of amidine groups is 1. The van der Waals surface area contributed by atoms with Crippen LogP contribution >= 0.6 is 22.6 Å². The van der Waals surface area contributed by atoms with Gasteiger partial charge in [-0.25, -0.2) is 0 Å². The second kappa shape index (κ2) is 4.65. The van der Waals surface area contributed by atoms with E-state index in [-0.39, 0.29) is 0 Å². The Kier molecular flexibility index (Phi) is 3.25. The van der Waals surface area contributed by atoms with Crippen LogP contribution in [0.2, 0.25) is 0 Å². The molecule has 15 heavy (non-hydrogen) atoms. The maximum atomic E-state index is 5.56. The smallest absolute Gasteiger partial charge is 0.298 e. The first-order valence-corrected chi connectivity index (χ1v) is 5.86. The molecule has 1 saturated heterocycles. The van der Waals surface area contributed by atoms with Gasteiger partial charge >= 0.3 is 0 Å². The first-order chi connectivity index (χ1) is 7.29. The molecule has 1 fully saturated rings. The van der Waals surface area contributed by atoms with Gasteiger partial charge in [0.25, 0.3) is 6.02 Å². The van der Waals surface area contributed by atoms with Gasteiger partial charge in [-0.2, -0.15) is 4.99 Å². The zero-order chi connectivity index (χ0) is 10.7. The zero-order valence-corrected chi connectivity index (χ0v) is 10.5. The summed E-state index contributed by atoms with van der Waals surface area (Å²) in [5, 5.41) is 0. The van der Waals surface area contributed by atoms with E-state index in [1.54, 1.807) is 0 Å². The predicted octanol–water partition coefficient (Wildman–Crippen LogP) is 2.91. The molecule has 1 aliphatic heterocycles. The van der Waals surface area contributed by atoms with Gasteiger partial charge in [0.2, 0.25) is 0 Å². The van der Waals surface area contributed by atoms with Crippen LogP contribution in [0.3, 0.4) is 0 Å². The lowest BCUT2D eigenvalue weighted by molar-refractivity contribution is 0.434. The number of halogens is 1. The van der Waals surface area contributed by atoms with Gasteiger partial charge in [0.1, 0.15) is 5.76 Å². The van der Waals surface area contributed by atoms with Crippen LogP contribution in [-0.2, 0) is 4.74 Å². The highest BCUT2D eigenvalue weighted by atomic mass is 127. The maximum absolute atomic E-state index is 5.56. The minimum atomic E-state index is 0.657. The third-order valence-electron chi connectivity index (χ3n) is 2.04. The summed E-state index contributed by atoms with van der Waals surface area (Å²) in [6.07, 6.45) is 0. The number of likely N-dealkylation sites (N-methyl/N-ethyl adjacent to an activating group) is 1. The van der Waals surface area contributed by atoms with Gasteiger partial charge in [0.05, 0.1) is 12.2 Å². The fourth-order valence-corrected chi connectivity index (χ4v) is 1.63. The van der Waals surface area contributed by atoms with Crippen molar-refractivity contribution < 1.29 is 4.74 Å². The lowest BCUT2D eigenvalue weighted by atomic mass is 10.3. The zero-order valence-electron chi connectivity index (χ0n) is 8.35. The van der Waals surface area contributed by atoms with E-state index in [1.165, 1.54) is 0 Å². The highest BCUT2D eigenvalue weighted by Crippen LogP contribution is 2.18. The molecule has 0 aromatic heterocycles. The van der Waals surface area contributed by atoms with Crippen molar-refractivity contribution in [3.05, 3.63) is 40.2 Å². The van der Waals surface area contributed by atoms with Crippen molar-refractivity contribution in [3.8, 4) is 0 Å². The molecule has 1 heterocycles. The van der Waals surface area contributed by atoms with Crippen LogP contribution in [0.25, 0.3) is 0 Å². The van der Waals surface area contributed by atoms with E-state index in [0.717, 1.165) is 18.0 Å². The van der Waals surface area contributed by atoms with Crippen LogP contribution in [0.15, 0.2) is 45.2 Å². The summed E-state index contributed by atoms with van der Waals surface area (Å²) in [6.45, 7) is 0.786. The van der Waals surface area contributed by atoms with Crippen molar-refractivity contribution in [3.63, 3.8) is 0 Å². The molecule has 0 N–H and O–H groups in total. The Bertz CT molecular complexity index is 400. The molecular formula is C11H11IN2O. The molecule has 0 unspecified atom stereocenters. The van der Waals surface area contributed by atoms with Crippen LogP contribution < -0.4 is 0 Å². The number of rotatable bonds is 1. The van der Waals surface area contributed by atoms with Gasteiger partial charge < -0.3 is 9.64 Å². The van der Waals surface area contributed by atoms with Crippen LogP contribution in [0.5, 0.6) is 0 Å². The Morgan fingerprint density at radius 3 is 2.73 bits per heavy atom. The summed E-state index contributed by atoms with van der Waals surface area (Å²) in [4.78, 5) is 6.40. The average molecular weight is 314 g/mol. The molecule has 0 saturated carbocycles. The Hall–Kier alpha value is -1.04. The van der Waals surface area contributed by atoms with Gasteiger partial charge in [-0.3, -0.25) is 0 Å². The van der Waals surface area contributed by atoms with E-state index in [0.29, 0.717) is 6.02 Å². The second-order valence-electron chi connectivity index (χ2n) is 3.26. The molecule has 78 valence electrons. The molecule has 3 nitrogen and oxygen atoms in total. The van der Waals surface area contributed by atoms with Crippen LogP contribution in [0.1, 0.15) is 0 Å². The Labute approximate surface area is 103 Å². The van der Waals surface area contributed by atoms with Gasteiger partial charge in [0, 0.05) is 11.1 Å². The number of hydrogen-bond donors (Lipinski definition) is 0. The Morgan fingerprint density at radius 1 is 1.40 bits per heavy atom. The number of para-hydroxylation sites is 1. The molecule has 0 spiro atoms. The monoisotopic (exact) mass is 314 g/mol. The quantitative estimate of drug-likeness (QED) is 0.745. The number of benzene rings is 1. The number of nitrogens with zero attached hydrogens (tertiary/aromatic N) is 2. The van der Waals surface area contributed by atoms with Crippen LogP contribution in [0, 0.1) is 0 Å². The standard InChI is InChI=1S/C11H11IN2O/c1-14-8-10(7-12)15-11(14)13-9-5-3-2-4-6-9/h2-7H,8H2,1H3/b10-7+,13-11?. The number of hydrogen-bond acceptors (Lipinski definition) is 2. The molecule has 2 rings (SSSR count). The molecule has 0 radical (unpaired) electrons. The lowest BCUT2D eigenvalue weighted by Gasteiger charge is -2.06. The van der Waals surface area contributed by atoms with E-state index in [4.69, 9.17) is 4.74 Å². The highest BCUT2D eigenvalue weighted by Gasteiger charge is 2.20. The van der Waals surface area contributed by atoms with E-state index in [9.17, 15) is 0 Å². The topological polar surface area (TPSA) is 24.8 Å². The molecule has 1 aromatic rings.